The summed E-state index contributed by atoms with van der Waals surface area (Å²) >= 11 is 13.5. The monoisotopic (exact) mass is 286 g/mol. The van der Waals surface area contributed by atoms with Crippen LogP contribution in [0.2, 0.25) is 10.0 Å². The minimum absolute atomic E-state index is 0.506. The molecule has 1 unspecified atom stereocenters. The van der Waals surface area contributed by atoms with E-state index >= 15 is 0 Å². The Balaban J connectivity index is 2.15. The Morgan fingerprint density at radius 3 is 2.65 bits per heavy atom. The Morgan fingerprint density at radius 1 is 1.29 bits per heavy atom. The van der Waals surface area contributed by atoms with Gasteiger partial charge in [-0.2, -0.15) is 0 Å². The van der Waals surface area contributed by atoms with Gasteiger partial charge in [-0.15, -0.1) is 11.3 Å². The fourth-order valence-electron chi connectivity index (χ4n) is 1.65. The molecule has 2 rings (SSSR count). The van der Waals surface area contributed by atoms with Crippen LogP contribution < -0.4 is 0 Å². The highest BCUT2D eigenvalue weighted by Crippen LogP contribution is 2.28. The molecule has 0 amide bonds. The third kappa shape index (κ3) is 3.23. The van der Waals surface area contributed by atoms with Crippen molar-refractivity contribution in [3.05, 3.63) is 55.7 Å². The first-order chi connectivity index (χ1) is 8.06. The zero-order valence-corrected chi connectivity index (χ0v) is 11.6. The summed E-state index contributed by atoms with van der Waals surface area (Å²) in [5.41, 5.74) is 1.85. The number of aliphatic hydroxyl groups is 1. The number of thiophene rings is 1. The molecule has 0 spiro atoms. The van der Waals surface area contributed by atoms with Crippen molar-refractivity contribution >= 4 is 34.5 Å². The number of halogens is 2. The van der Waals surface area contributed by atoms with Crippen LogP contribution >= 0.6 is 34.5 Å². The van der Waals surface area contributed by atoms with Gasteiger partial charge in [-0.3, -0.25) is 0 Å². The summed E-state index contributed by atoms with van der Waals surface area (Å²) in [5.74, 6) is 0. The second-order valence-electron chi connectivity index (χ2n) is 3.95. The molecule has 0 aliphatic heterocycles. The van der Waals surface area contributed by atoms with Crippen molar-refractivity contribution in [2.75, 3.05) is 0 Å². The van der Waals surface area contributed by atoms with Crippen LogP contribution in [-0.2, 0) is 6.42 Å². The van der Waals surface area contributed by atoms with E-state index in [0.29, 0.717) is 16.5 Å². The summed E-state index contributed by atoms with van der Waals surface area (Å²) in [6, 6.07) is 7.34. The maximum atomic E-state index is 10.1. The van der Waals surface area contributed by atoms with Gasteiger partial charge >= 0.3 is 0 Å². The van der Waals surface area contributed by atoms with Gasteiger partial charge in [0.1, 0.15) is 0 Å². The maximum absolute atomic E-state index is 10.1. The number of benzene rings is 1. The molecule has 0 bridgehead atoms. The van der Waals surface area contributed by atoms with Crippen LogP contribution in [0.15, 0.2) is 29.6 Å². The molecule has 1 nitrogen and oxygen atoms in total. The van der Waals surface area contributed by atoms with Crippen molar-refractivity contribution in [1.82, 2.24) is 0 Å². The predicted octanol–water partition coefficient (Wildman–Crippen LogP) is 4.64. The molecular formula is C13H12Cl2OS. The first-order valence-electron chi connectivity index (χ1n) is 5.23. The lowest BCUT2D eigenvalue weighted by molar-refractivity contribution is 0.179. The van der Waals surface area contributed by atoms with Gasteiger partial charge in [0.15, 0.2) is 0 Å². The summed E-state index contributed by atoms with van der Waals surface area (Å²) in [6.45, 7) is 2.02. The van der Waals surface area contributed by atoms with Crippen LogP contribution in [0.4, 0.5) is 0 Å². The van der Waals surface area contributed by atoms with Crippen molar-refractivity contribution in [3.63, 3.8) is 0 Å². The van der Waals surface area contributed by atoms with Gasteiger partial charge in [0, 0.05) is 21.3 Å². The minimum atomic E-state index is -0.515. The minimum Gasteiger partial charge on any atom is -0.388 e. The summed E-state index contributed by atoms with van der Waals surface area (Å²) in [7, 11) is 0. The molecular weight excluding hydrogens is 275 g/mol. The lowest BCUT2D eigenvalue weighted by atomic mass is 10.0. The normalized spacial score (nSPS) is 12.7. The van der Waals surface area contributed by atoms with Crippen molar-refractivity contribution in [2.24, 2.45) is 0 Å². The molecule has 17 heavy (non-hydrogen) atoms. The molecule has 1 N–H and O–H groups in total. The third-order valence-electron chi connectivity index (χ3n) is 2.56. The summed E-state index contributed by atoms with van der Waals surface area (Å²) < 4.78 is 0. The summed E-state index contributed by atoms with van der Waals surface area (Å²) in [5, 5.41) is 13.3. The largest absolute Gasteiger partial charge is 0.388 e. The molecule has 0 aliphatic rings. The van der Waals surface area contributed by atoms with Gasteiger partial charge < -0.3 is 5.11 Å². The second kappa shape index (κ2) is 5.40. The molecule has 0 radical (unpaired) electrons. The lowest BCUT2D eigenvalue weighted by Crippen LogP contribution is -2.00. The fourth-order valence-corrected chi connectivity index (χ4v) is 2.89. The summed E-state index contributed by atoms with van der Waals surface area (Å²) in [6.07, 6.45) is -0.00904. The highest BCUT2D eigenvalue weighted by Gasteiger charge is 2.12. The first-order valence-corrected chi connectivity index (χ1v) is 6.87. The van der Waals surface area contributed by atoms with E-state index in [1.54, 1.807) is 23.5 Å². The zero-order valence-electron chi connectivity index (χ0n) is 9.28. The topological polar surface area (TPSA) is 20.2 Å². The van der Waals surface area contributed by atoms with E-state index in [1.807, 2.05) is 24.4 Å². The van der Waals surface area contributed by atoms with Crippen LogP contribution in [0.1, 0.15) is 22.1 Å². The average Bonchev–Trinajstić information content (AvgIpc) is 2.69. The van der Waals surface area contributed by atoms with E-state index < -0.39 is 6.10 Å². The van der Waals surface area contributed by atoms with Gasteiger partial charge in [-0.25, -0.2) is 0 Å². The maximum Gasteiger partial charge on any atom is 0.0839 e. The lowest BCUT2D eigenvalue weighted by Gasteiger charge is -2.10. The molecule has 2 aromatic rings. The molecule has 1 heterocycles. The molecule has 1 aromatic heterocycles. The highest BCUT2D eigenvalue weighted by molar-refractivity contribution is 7.10. The molecule has 0 aliphatic carbocycles. The molecule has 0 saturated carbocycles. The van der Waals surface area contributed by atoms with Gasteiger partial charge in [-0.1, -0.05) is 29.3 Å². The SMILES string of the molecule is Cc1cc(C(O)Cc2ccc(Cl)cc2Cl)cs1. The van der Waals surface area contributed by atoms with E-state index in [1.165, 1.54) is 4.88 Å². The standard InChI is InChI=1S/C13H12Cl2OS/c1-8-4-10(7-17-8)13(16)5-9-2-3-11(14)6-12(9)15/h2-4,6-7,13,16H,5H2,1H3. The Kier molecular flexibility index (Phi) is 4.10. The number of hydrogen-bond donors (Lipinski definition) is 1. The Hall–Kier alpha value is -0.540. The fraction of sp³-hybridized carbons (Fsp3) is 0.231. The Morgan fingerprint density at radius 2 is 2.06 bits per heavy atom. The first kappa shape index (κ1) is 12.9. The van der Waals surface area contributed by atoms with E-state index in [-0.39, 0.29) is 0 Å². The van der Waals surface area contributed by atoms with Crippen molar-refractivity contribution in [1.29, 1.82) is 0 Å². The van der Waals surface area contributed by atoms with Crippen LogP contribution in [0, 0.1) is 6.92 Å². The van der Waals surface area contributed by atoms with Crippen molar-refractivity contribution in [3.8, 4) is 0 Å². The van der Waals surface area contributed by atoms with Crippen molar-refractivity contribution in [2.45, 2.75) is 19.4 Å². The van der Waals surface area contributed by atoms with E-state index in [4.69, 9.17) is 23.2 Å². The molecule has 1 aromatic carbocycles. The molecule has 0 fully saturated rings. The van der Waals surface area contributed by atoms with E-state index in [2.05, 4.69) is 0 Å². The van der Waals surface area contributed by atoms with Gasteiger partial charge in [0.05, 0.1) is 6.10 Å². The smallest absolute Gasteiger partial charge is 0.0839 e. The zero-order chi connectivity index (χ0) is 12.4. The van der Waals surface area contributed by atoms with Crippen LogP contribution in [0.5, 0.6) is 0 Å². The highest BCUT2D eigenvalue weighted by atomic mass is 35.5. The predicted molar refractivity (Wildman–Crippen MR) is 74.2 cm³/mol. The average molecular weight is 287 g/mol. The van der Waals surface area contributed by atoms with E-state index in [0.717, 1.165) is 11.1 Å². The van der Waals surface area contributed by atoms with Gasteiger partial charge in [0.2, 0.25) is 0 Å². The number of hydrogen-bond acceptors (Lipinski definition) is 2. The summed E-state index contributed by atoms with van der Waals surface area (Å²) in [4.78, 5) is 1.20. The Bertz CT molecular complexity index is 522. The molecule has 4 heteroatoms. The van der Waals surface area contributed by atoms with Crippen LogP contribution in [0.25, 0.3) is 0 Å². The van der Waals surface area contributed by atoms with Crippen molar-refractivity contribution < 1.29 is 5.11 Å². The van der Waals surface area contributed by atoms with Gasteiger partial charge in [0.25, 0.3) is 0 Å². The third-order valence-corrected chi connectivity index (χ3v) is 4.03. The molecule has 90 valence electrons. The quantitative estimate of drug-likeness (QED) is 0.872. The number of aliphatic hydroxyl groups excluding tert-OH is 1. The number of aryl methyl sites for hydroxylation is 1. The second-order valence-corrected chi connectivity index (χ2v) is 5.91. The molecule has 1 atom stereocenters. The Labute approximate surface area is 115 Å². The van der Waals surface area contributed by atoms with Crippen LogP contribution in [0.3, 0.4) is 0 Å². The number of rotatable bonds is 3. The molecule has 0 saturated heterocycles. The van der Waals surface area contributed by atoms with Crippen LogP contribution in [-0.4, -0.2) is 5.11 Å². The van der Waals surface area contributed by atoms with E-state index in [9.17, 15) is 5.11 Å². The van der Waals surface area contributed by atoms with Gasteiger partial charge in [-0.05, 0) is 41.6 Å².